The van der Waals surface area contributed by atoms with Crippen LogP contribution in [0.1, 0.15) is 16.7 Å². The molecule has 0 nitrogen and oxygen atoms in total. The molecule has 0 fully saturated rings. The van der Waals surface area contributed by atoms with Crippen molar-refractivity contribution in [2.24, 2.45) is 0 Å². The fourth-order valence-corrected chi connectivity index (χ4v) is 3.19. The normalized spacial score (nSPS) is 13.8. The molecule has 1 aliphatic rings. The second-order valence-corrected chi connectivity index (χ2v) is 4.95. The smallest absolute Gasteiger partial charge is 0.137 e. The minimum absolute atomic E-state index is 0.0877. The van der Waals surface area contributed by atoms with Gasteiger partial charge in [0.2, 0.25) is 0 Å². The van der Waals surface area contributed by atoms with Crippen molar-refractivity contribution in [1.29, 1.82) is 0 Å². The first-order valence-electron chi connectivity index (χ1n) is 5.31. The van der Waals surface area contributed by atoms with E-state index in [1.807, 2.05) is 18.2 Å². The third-order valence-electron chi connectivity index (χ3n) is 2.92. The predicted octanol–water partition coefficient (Wildman–Crippen LogP) is 4.02. The average Bonchev–Trinajstić information content (AvgIpc) is 2.48. The number of rotatable bonds is 0. The topological polar surface area (TPSA) is 0 Å². The van der Waals surface area contributed by atoms with Crippen molar-refractivity contribution in [3.8, 4) is 0 Å². The van der Waals surface area contributed by atoms with Crippen LogP contribution in [0, 0.1) is 5.82 Å². The lowest BCUT2D eigenvalue weighted by molar-refractivity contribution is 0.598. The molecule has 2 aromatic rings. The molecule has 0 saturated carbocycles. The molecule has 0 amide bonds. The molecule has 0 bridgehead atoms. The van der Waals surface area contributed by atoms with E-state index in [1.165, 1.54) is 11.1 Å². The maximum atomic E-state index is 13.7. The molecule has 0 unspecified atom stereocenters. The number of benzene rings is 2. The summed E-state index contributed by atoms with van der Waals surface area (Å²) >= 11 is 1.60. The van der Waals surface area contributed by atoms with Crippen molar-refractivity contribution in [1.82, 2.24) is 0 Å². The van der Waals surface area contributed by atoms with Gasteiger partial charge in [-0.2, -0.15) is 0 Å². The van der Waals surface area contributed by atoms with Crippen LogP contribution in [0.5, 0.6) is 0 Å². The van der Waals surface area contributed by atoms with Gasteiger partial charge in [-0.15, -0.1) is 11.8 Å². The predicted molar refractivity (Wildman–Crippen MR) is 65.2 cm³/mol. The van der Waals surface area contributed by atoms with Crippen LogP contribution in [0.4, 0.5) is 4.39 Å². The Balaban J connectivity index is 2.12. The Labute approximate surface area is 98.5 Å². The second-order valence-electron chi connectivity index (χ2n) is 3.96. The maximum absolute atomic E-state index is 13.7. The first kappa shape index (κ1) is 9.91. The summed E-state index contributed by atoms with van der Waals surface area (Å²) < 4.78 is 13.7. The molecule has 3 rings (SSSR count). The summed E-state index contributed by atoms with van der Waals surface area (Å²) in [5, 5.41) is 0. The van der Waals surface area contributed by atoms with Gasteiger partial charge in [0.05, 0.1) is 0 Å². The summed E-state index contributed by atoms with van der Waals surface area (Å²) in [6.07, 6.45) is 0.844. The van der Waals surface area contributed by atoms with Crippen LogP contribution in [-0.4, -0.2) is 0 Å². The molecule has 80 valence electrons. The minimum Gasteiger partial charge on any atom is -0.206 e. The van der Waals surface area contributed by atoms with Crippen LogP contribution in [0.25, 0.3) is 0 Å². The molecular weight excluding hydrogens is 219 g/mol. The lowest BCUT2D eigenvalue weighted by Gasteiger charge is -2.05. The average molecular weight is 230 g/mol. The summed E-state index contributed by atoms with van der Waals surface area (Å²) in [7, 11) is 0. The third kappa shape index (κ3) is 1.63. The van der Waals surface area contributed by atoms with Crippen molar-refractivity contribution < 1.29 is 4.39 Å². The summed E-state index contributed by atoms with van der Waals surface area (Å²) in [6.45, 7) is 0. The van der Waals surface area contributed by atoms with E-state index >= 15 is 0 Å². The summed E-state index contributed by atoms with van der Waals surface area (Å²) in [4.78, 5) is 0.818. The van der Waals surface area contributed by atoms with Crippen LogP contribution in [-0.2, 0) is 12.2 Å². The fourth-order valence-electron chi connectivity index (χ4n) is 2.08. The highest BCUT2D eigenvalue weighted by molar-refractivity contribution is 7.98. The van der Waals surface area contributed by atoms with Gasteiger partial charge in [0.25, 0.3) is 0 Å². The van der Waals surface area contributed by atoms with E-state index in [1.54, 1.807) is 23.9 Å². The number of fused-ring (bicyclic) bond motifs is 2. The van der Waals surface area contributed by atoms with Gasteiger partial charge in [0.15, 0.2) is 0 Å². The highest BCUT2D eigenvalue weighted by Crippen LogP contribution is 2.35. The molecule has 0 N–H and O–H groups in total. The van der Waals surface area contributed by atoms with Crippen molar-refractivity contribution in [3.05, 3.63) is 65.0 Å². The Bertz CT molecular complexity index is 534. The summed E-state index contributed by atoms with van der Waals surface area (Å²) in [5.41, 5.74) is 3.75. The van der Waals surface area contributed by atoms with E-state index in [2.05, 4.69) is 12.1 Å². The maximum Gasteiger partial charge on any atom is 0.137 e. The van der Waals surface area contributed by atoms with Crippen LogP contribution in [0.2, 0.25) is 0 Å². The first-order chi connectivity index (χ1) is 7.84. The number of halogens is 1. The lowest BCUT2D eigenvalue weighted by Crippen LogP contribution is -1.92. The Morgan fingerprint density at radius 3 is 2.50 bits per heavy atom. The van der Waals surface area contributed by atoms with Crippen LogP contribution in [0.15, 0.2) is 47.4 Å². The summed E-state index contributed by atoms with van der Waals surface area (Å²) in [6, 6.07) is 13.7. The molecule has 2 aromatic carbocycles. The Morgan fingerprint density at radius 1 is 0.875 bits per heavy atom. The van der Waals surface area contributed by atoms with Gasteiger partial charge in [-0.25, -0.2) is 4.39 Å². The Morgan fingerprint density at radius 2 is 1.62 bits per heavy atom. The van der Waals surface area contributed by atoms with Crippen molar-refractivity contribution >= 4 is 11.8 Å². The summed E-state index contributed by atoms with van der Waals surface area (Å²) in [5.74, 6) is 0.778. The van der Waals surface area contributed by atoms with Crippen LogP contribution < -0.4 is 0 Å². The van der Waals surface area contributed by atoms with E-state index < -0.39 is 0 Å². The van der Waals surface area contributed by atoms with Crippen molar-refractivity contribution in [2.45, 2.75) is 17.1 Å². The highest BCUT2D eigenvalue weighted by Gasteiger charge is 2.15. The van der Waals surface area contributed by atoms with Gasteiger partial charge in [-0.3, -0.25) is 0 Å². The zero-order valence-corrected chi connectivity index (χ0v) is 9.56. The van der Waals surface area contributed by atoms with Gasteiger partial charge in [-0.05, 0) is 29.2 Å². The van der Waals surface area contributed by atoms with E-state index in [0.717, 1.165) is 22.6 Å². The van der Waals surface area contributed by atoms with Gasteiger partial charge in [-0.1, -0.05) is 36.4 Å². The van der Waals surface area contributed by atoms with Crippen molar-refractivity contribution in [2.75, 3.05) is 0 Å². The molecule has 2 heteroatoms. The fraction of sp³-hybridized carbons (Fsp3) is 0.143. The minimum atomic E-state index is -0.0877. The molecule has 0 aliphatic carbocycles. The molecular formula is C14H11FS. The zero-order chi connectivity index (χ0) is 11.0. The van der Waals surface area contributed by atoms with Gasteiger partial charge >= 0.3 is 0 Å². The van der Waals surface area contributed by atoms with Gasteiger partial charge in [0, 0.05) is 10.6 Å². The van der Waals surface area contributed by atoms with Gasteiger partial charge in [0.1, 0.15) is 5.82 Å². The molecule has 1 heterocycles. The largest absolute Gasteiger partial charge is 0.206 e. The van der Waals surface area contributed by atoms with E-state index in [0.29, 0.717) is 0 Å². The Hall–Kier alpha value is -1.28. The Kier molecular flexibility index (Phi) is 2.44. The SMILES string of the molecule is Fc1cccc2c1SCc1ccccc1C2. The van der Waals surface area contributed by atoms with Crippen LogP contribution in [0.3, 0.4) is 0 Å². The lowest BCUT2D eigenvalue weighted by atomic mass is 10.0. The van der Waals surface area contributed by atoms with E-state index in [9.17, 15) is 4.39 Å². The van der Waals surface area contributed by atoms with Gasteiger partial charge < -0.3 is 0 Å². The molecule has 0 saturated heterocycles. The van der Waals surface area contributed by atoms with E-state index in [-0.39, 0.29) is 5.82 Å². The molecule has 0 atom stereocenters. The third-order valence-corrected chi connectivity index (χ3v) is 4.12. The molecule has 0 spiro atoms. The molecule has 0 radical (unpaired) electrons. The monoisotopic (exact) mass is 230 g/mol. The molecule has 0 aromatic heterocycles. The zero-order valence-electron chi connectivity index (χ0n) is 8.74. The highest BCUT2D eigenvalue weighted by atomic mass is 32.2. The van der Waals surface area contributed by atoms with E-state index in [4.69, 9.17) is 0 Å². The standard InChI is InChI=1S/C14H11FS/c15-13-7-3-6-11-8-10-4-1-2-5-12(10)9-16-14(11)13/h1-7H,8-9H2. The quantitative estimate of drug-likeness (QED) is 0.658. The van der Waals surface area contributed by atoms with Crippen LogP contribution >= 0.6 is 11.8 Å². The first-order valence-corrected chi connectivity index (χ1v) is 6.30. The number of hydrogen-bond donors (Lipinski definition) is 0. The number of hydrogen-bond acceptors (Lipinski definition) is 1. The molecule has 1 aliphatic heterocycles. The second kappa shape index (κ2) is 3.95. The van der Waals surface area contributed by atoms with Crippen molar-refractivity contribution in [3.63, 3.8) is 0 Å². The molecule has 16 heavy (non-hydrogen) atoms. The number of thioether (sulfide) groups is 1.